The molecule has 0 amide bonds. The van der Waals surface area contributed by atoms with Gasteiger partial charge in [0.2, 0.25) is 0 Å². The van der Waals surface area contributed by atoms with E-state index in [0.717, 1.165) is 12.5 Å². The van der Waals surface area contributed by atoms with Crippen molar-refractivity contribution < 1.29 is 4.74 Å². The van der Waals surface area contributed by atoms with Gasteiger partial charge in [0.05, 0.1) is 24.1 Å². The molecule has 1 aromatic rings. The molecule has 1 saturated carbocycles. The maximum atomic E-state index is 8.91. The number of nitrogens with zero attached hydrogens (tertiary/aromatic N) is 2. The Morgan fingerprint density at radius 2 is 2.41 bits per heavy atom. The highest BCUT2D eigenvalue weighted by molar-refractivity contribution is 5.57. The van der Waals surface area contributed by atoms with Gasteiger partial charge in [-0.2, -0.15) is 5.26 Å². The van der Waals surface area contributed by atoms with Crippen LogP contribution in [0.25, 0.3) is 0 Å². The lowest BCUT2D eigenvalue weighted by molar-refractivity contribution is 0.134. The van der Waals surface area contributed by atoms with E-state index in [1.165, 1.54) is 19.0 Å². The van der Waals surface area contributed by atoms with E-state index in [-0.39, 0.29) is 0 Å². The summed E-state index contributed by atoms with van der Waals surface area (Å²) in [4.78, 5) is 4.08. The third-order valence-corrected chi connectivity index (χ3v) is 2.62. The largest absolute Gasteiger partial charge is 0.397 e. The van der Waals surface area contributed by atoms with E-state index in [1.807, 2.05) is 0 Å². The molecule has 5 heteroatoms. The fourth-order valence-corrected chi connectivity index (χ4v) is 1.48. The highest BCUT2D eigenvalue weighted by atomic mass is 16.5. The Morgan fingerprint density at radius 3 is 3.12 bits per heavy atom. The number of nitrogens with one attached hydrogen (secondary N) is 1. The number of hydrogen-bond donors (Lipinski definition) is 2. The minimum Gasteiger partial charge on any atom is -0.397 e. The summed E-state index contributed by atoms with van der Waals surface area (Å²) in [5.41, 5.74) is 6.52. The lowest BCUT2D eigenvalue weighted by Gasteiger charge is -2.08. The maximum Gasteiger partial charge on any atom is 0.144 e. The van der Waals surface area contributed by atoms with Crippen LogP contribution in [0.3, 0.4) is 0 Å². The van der Waals surface area contributed by atoms with Gasteiger partial charge in [0.15, 0.2) is 0 Å². The van der Waals surface area contributed by atoms with Crippen molar-refractivity contribution in [2.75, 3.05) is 30.8 Å². The van der Waals surface area contributed by atoms with E-state index in [4.69, 9.17) is 15.7 Å². The van der Waals surface area contributed by atoms with Gasteiger partial charge in [-0.05, 0) is 24.8 Å². The Labute approximate surface area is 101 Å². The van der Waals surface area contributed by atoms with Crippen LogP contribution in [0.2, 0.25) is 0 Å². The molecule has 1 aliphatic rings. The van der Waals surface area contributed by atoms with Crippen molar-refractivity contribution in [2.45, 2.75) is 12.8 Å². The van der Waals surface area contributed by atoms with Crippen molar-refractivity contribution in [3.8, 4) is 6.07 Å². The standard InChI is InChI=1S/C12H16N4O/c13-6-10-5-11(14)7-16-12(10)15-3-4-17-8-9-1-2-9/h5,7,9H,1-4,8,14H2,(H,15,16). The van der Waals surface area contributed by atoms with Crippen molar-refractivity contribution in [3.05, 3.63) is 17.8 Å². The highest BCUT2D eigenvalue weighted by Crippen LogP contribution is 2.28. The molecule has 2 rings (SSSR count). The summed E-state index contributed by atoms with van der Waals surface area (Å²) >= 11 is 0. The zero-order valence-corrected chi connectivity index (χ0v) is 9.65. The summed E-state index contributed by atoms with van der Waals surface area (Å²) in [6.45, 7) is 2.13. The van der Waals surface area contributed by atoms with Crippen molar-refractivity contribution in [2.24, 2.45) is 5.92 Å². The van der Waals surface area contributed by atoms with Crippen LogP contribution >= 0.6 is 0 Å². The van der Waals surface area contributed by atoms with Gasteiger partial charge in [0, 0.05) is 13.2 Å². The molecule has 1 aliphatic carbocycles. The summed E-state index contributed by atoms with van der Waals surface area (Å²) < 4.78 is 5.48. The van der Waals surface area contributed by atoms with Crippen LogP contribution in [0.4, 0.5) is 11.5 Å². The lowest BCUT2D eigenvalue weighted by atomic mass is 10.2. The number of rotatable bonds is 6. The number of ether oxygens (including phenoxy) is 1. The SMILES string of the molecule is N#Cc1cc(N)cnc1NCCOCC1CC1. The number of nitrogen functional groups attached to an aromatic ring is 1. The average Bonchev–Trinajstić information content (AvgIpc) is 3.14. The fraction of sp³-hybridized carbons (Fsp3) is 0.500. The van der Waals surface area contributed by atoms with E-state index in [2.05, 4.69) is 16.4 Å². The van der Waals surface area contributed by atoms with Gasteiger partial charge in [-0.25, -0.2) is 4.98 Å². The van der Waals surface area contributed by atoms with Crippen LogP contribution in [0.15, 0.2) is 12.3 Å². The van der Waals surface area contributed by atoms with Crippen LogP contribution in [0, 0.1) is 17.2 Å². The normalized spacial score (nSPS) is 14.3. The van der Waals surface area contributed by atoms with E-state index in [9.17, 15) is 0 Å². The topological polar surface area (TPSA) is 84.0 Å². The van der Waals surface area contributed by atoms with E-state index < -0.39 is 0 Å². The van der Waals surface area contributed by atoms with Crippen LogP contribution in [0.5, 0.6) is 0 Å². The lowest BCUT2D eigenvalue weighted by Crippen LogP contribution is -2.12. The summed E-state index contributed by atoms with van der Waals surface area (Å²) in [5, 5.41) is 12.0. The van der Waals surface area contributed by atoms with Crippen molar-refractivity contribution in [1.29, 1.82) is 5.26 Å². The number of nitrogens with two attached hydrogens (primary N) is 1. The second-order valence-corrected chi connectivity index (χ2v) is 4.22. The summed E-state index contributed by atoms with van der Waals surface area (Å²) in [6.07, 6.45) is 4.13. The third kappa shape index (κ3) is 3.61. The van der Waals surface area contributed by atoms with E-state index in [0.29, 0.717) is 30.2 Å². The second-order valence-electron chi connectivity index (χ2n) is 4.22. The molecule has 5 nitrogen and oxygen atoms in total. The van der Waals surface area contributed by atoms with Gasteiger partial charge in [-0.3, -0.25) is 0 Å². The first-order chi connectivity index (χ1) is 8.29. The maximum absolute atomic E-state index is 8.91. The molecule has 1 heterocycles. The molecule has 1 aromatic heterocycles. The first-order valence-electron chi connectivity index (χ1n) is 5.77. The molecule has 0 radical (unpaired) electrons. The molecule has 0 saturated heterocycles. The minimum atomic E-state index is 0.465. The Hall–Kier alpha value is -1.80. The summed E-state index contributed by atoms with van der Waals surface area (Å²) in [6, 6.07) is 3.67. The smallest absolute Gasteiger partial charge is 0.144 e. The van der Waals surface area contributed by atoms with Crippen molar-refractivity contribution in [3.63, 3.8) is 0 Å². The van der Waals surface area contributed by atoms with Gasteiger partial charge >= 0.3 is 0 Å². The quantitative estimate of drug-likeness (QED) is 0.724. The third-order valence-electron chi connectivity index (χ3n) is 2.62. The van der Waals surface area contributed by atoms with Gasteiger partial charge < -0.3 is 15.8 Å². The Balaban J connectivity index is 1.75. The zero-order chi connectivity index (χ0) is 12.1. The van der Waals surface area contributed by atoms with Crippen LogP contribution < -0.4 is 11.1 Å². The predicted octanol–water partition coefficient (Wildman–Crippen LogP) is 1.37. The molecule has 17 heavy (non-hydrogen) atoms. The van der Waals surface area contributed by atoms with Crippen LogP contribution in [-0.2, 0) is 4.74 Å². The van der Waals surface area contributed by atoms with Crippen LogP contribution in [-0.4, -0.2) is 24.7 Å². The van der Waals surface area contributed by atoms with Crippen molar-refractivity contribution >= 4 is 11.5 Å². The molecule has 0 atom stereocenters. The second kappa shape index (κ2) is 5.51. The molecule has 90 valence electrons. The predicted molar refractivity (Wildman–Crippen MR) is 65.4 cm³/mol. The Kier molecular flexibility index (Phi) is 3.78. The molecule has 0 spiro atoms. The summed E-state index contributed by atoms with van der Waals surface area (Å²) in [5.74, 6) is 1.34. The number of anilines is 2. The number of hydrogen-bond acceptors (Lipinski definition) is 5. The van der Waals surface area contributed by atoms with Gasteiger partial charge in [0.1, 0.15) is 11.9 Å². The van der Waals surface area contributed by atoms with Crippen molar-refractivity contribution in [1.82, 2.24) is 4.98 Å². The zero-order valence-electron chi connectivity index (χ0n) is 9.65. The molecule has 0 unspecified atom stereocenters. The van der Waals surface area contributed by atoms with Gasteiger partial charge in [-0.1, -0.05) is 0 Å². The molecule has 0 aliphatic heterocycles. The van der Waals surface area contributed by atoms with Gasteiger partial charge in [0.25, 0.3) is 0 Å². The summed E-state index contributed by atoms with van der Waals surface area (Å²) in [7, 11) is 0. The van der Waals surface area contributed by atoms with E-state index in [1.54, 1.807) is 6.07 Å². The van der Waals surface area contributed by atoms with E-state index >= 15 is 0 Å². The number of nitriles is 1. The Morgan fingerprint density at radius 1 is 1.59 bits per heavy atom. The molecule has 1 fully saturated rings. The fourth-order valence-electron chi connectivity index (χ4n) is 1.48. The first-order valence-corrected chi connectivity index (χ1v) is 5.77. The Bertz CT molecular complexity index is 423. The number of pyridine rings is 1. The molecular formula is C12H16N4O. The molecule has 0 aromatic carbocycles. The molecule has 0 bridgehead atoms. The monoisotopic (exact) mass is 232 g/mol. The number of aromatic nitrogens is 1. The highest BCUT2D eigenvalue weighted by Gasteiger charge is 2.20. The molecular weight excluding hydrogens is 216 g/mol. The molecule has 3 N–H and O–H groups in total. The first kappa shape index (κ1) is 11.7. The van der Waals surface area contributed by atoms with Crippen LogP contribution in [0.1, 0.15) is 18.4 Å². The van der Waals surface area contributed by atoms with Gasteiger partial charge in [-0.15, -0.1) is 0 Å². The average molecular weight is 232 g/mol. The minimum absolute atomic E-state index is 0.465.